The monoisotopic (exact) mass is 411 g/mol. The maximum Gasteiger partial charge on any atom is 0.253 e. The SMILES string of the molecule is Cl.O=C(c1ccc(F)cc1)N1CCCN(C(=O)C2NNC3CCNCC32)CC1. The van der Waals surface area contributed by atoms with Gasteiger partial charge in [-0.2, -0.15) is 0 Å². The molecule has 3 N–H and O–H groups in total. The molecule has 0 aliphatic carbocycles. The molecule has 0 radical (unpaired) electrons. The lowest BCUT2D eigenvalue weighted by Crippen LogP contribution is -2.51. The smallest absolute Gasteiger partial charge is 0.253 e. The Morgan fingerprint density at radius 3 is 2.50 bits per heavy atom. The van der Waals surface area contributed by atoms with Crippen molar-refractivity contribution in [3.63, 3.8) is 0 Å². The Morgan fingerprint density at radius 1 is 1.00 bits per heavy atom. The van der Waals surface area contributed by atoms with Gasteiger partial charge in [-0.1, -0.05) is 0 Å². The molecule has 0 aromatic heterocycles. The van der Waals surface area contributed by atoms with Gasteiger partial charge >= 0.3 is 0 Å². The van der Waals surface area contributed by atoms with Crippen molar-refractivity contribution in [2.24, 2.45) is 5.92 Å². The highest BCUT2D eigenvalue weighted by atomic mass is 35.5. The molecule has 3 saturated heterocycles. The average Bonchev–Trinajstić information content (AvgIpc) is 2.96. The summed E-state index contributed by atoms with van der Waals surface area (Å²) < 4.78 is 13.1. The molecule has 3 atom stereocenters. The van der Waals surface area contributed by atoms with E-state index in [-0.39, 0.29) is 42.0 Å². The fourth-order valence-electron chi connectivity index (χ4n) is 4.27. The Kier molecular flexibility index (Phi) is 6.87. The Balaban J connectivity index is 0.00000225. The molecule has 3 unspecified atom stereocenters. The molecule has 9 heteroatoms. The first-order chi connectivity index (χ1) is 13.1. The Labute approximate surface area is 170 Å². The number of hydrogen-bond acceptors (Lipinski definition) is 5. The van der Waals surface area contributed by atoms with Crippen LogP contribution in [0.25, 0.3) is 0 Å². The van der Waals surface area contributed by atoms with E-state index < -0.39 is 0 Å². The third-order valence-electron chi connectivity index (χ3n) is 5.83. The van der Waals surface area contributed by atoms with E-state index in [4.69, 9.17) is 0 Å². The first-order valence-corrected chi connectivity index (χ1v) is 9.69. The van der Waals surface area contributed by atoms with Gasteiger partial charge in [0.15, 0.2) is 0 Å². The van der Waals surface area contributed by atoms with Gasteiger partial charge in [0.25, 0.3) is 5.91 Å². The molecule has 3 heterocycles. The molecule has 3 aliphatic heterocycles. The summed E-state index contributed by atoms with van der Waals surface area (Å²) in [6.07, 6.45) is 1.76. The Hall–Kier alpha value is -1.74. The van der Waals surface area contributed by atoms with Crippen molar-refractivity contribution < 1.29 is 14.0 Å². The minimum Gasteiger partial charge on any atom is -0.339 e. The van der Waals surface area contributed by atoms with E-state index in [0.29, 0.717) is 37.8 Å². The number of halogens is 2. The quantitative estimate of drug-likeness (QED) is 0.656. The predicted molar refractivity (Wildman–Crippen MR) is 106 cm³/mol. The number of amides is 2. The second kappa shape index (κ2) is 9.17. The van der Waals surface area contributed by atoms with E-state index in [1.807, 2.05) is 4.90 Å². The van der Waals surface area contributed by atoms with Gasteiger partial charge in [-0.25, -0.2) is 9.82 Å². The standard InChI is InChI=1S/C19H26FN5O2.ClH/c20-14-4-2-13(3-5-14)18(26)24-8-1-9-25(11-10-24)19(27)17-15-12-21-7-6-16(15)22-23-17;/h2-5,15-17,21-23H,1,6-12H2;1H. The molecule has 1 aromatic rings. The number of piperidine rings is 1. The summed E-state index contributed by atoms with van der Waals surface area (Å²) in [7, 11) is 0. The molecule has 4 rings (SSSR count). The zero-order valence-corrected chi connectivity index (χ0v) is 16.5. The molecule has 3 aliphatic rings. The predicted octanol–water partition coefficient (Wildman–Crippen LogP) is 0.377. The maximum atomic E-state index is 13.1. The molecule has 0 bridgehead atoms. The second-order valence-electron chi connectivity index (χ2n) is 7.51. The third-order valence-corrected chi connectivity index (χ3v) is 5.83. The van der Waals surface area contributed by atoms with Crippen molar-refractivity contribution in [2.75, 3.05) is 39.3 Å². The number of nitrogens with zero attached hydrogens (tertiary/aromatic N) is 2. The Bertz CT molecular complexity index is 704. The number of benzene rings is 1. The van der Waals surface area contributed by atoms with Crippen LogP contribution in [-0.2, 0) is 4.79 Å². The van der Waals surface area contributed by atoms with E-state index in [9.17, 15) is 14.0 Å². The van der Waals surface area contributed by atoms with Gasteiger partial charge in [-0.3, -0.25) is 15.0 Å². The first-order valence-electron chi connectivity index (χ1n) is 9.69. The fraction of sp³-hybridized carbons (Fsp3) is 0.579. The molecule has 0 saturated carbocycles. The van der Waals surface area contributed by atoms with Gasteiger partial charge < -0.3 is 15.1 Å². The van der Waals surface area contributed by atoms with Crippen LogP contribution in [0.15, 0.2) is 24.3 Å². The summed E-state index contributed by atoms with van der Waals surface area (Å²) in [5, 5.41) is 3.37. The van der Waals surface area contributed by atoms with Crippen molar-refractivity contribution in [3.8, 4) is 0 Å². The summed E-state index contributed by atoms with van der Waals surface area (Å²) in [6, 6.07) is 5.74. The van der Waals surface area contributed by atoms with Crippen molar-refractivity contribution in [2.45, 2.75) is 24.9 Å². The van der Waals surface area contributed by atoms with Gasteiger partial charge in [0.05, 0.1) is 0 Å². The molecule has 0 spiro atoms. The van der Waals surface area contributed by atoms with Crippen LogP contribution in [0, 0.1) is 11.7 Å². The molecule has 2 amide bonds. The number of rotatable bonds is 2. The molecule has 3 fully saturated rings. The van der Waals surface area contributed by atoms with Crippen molar-refractivity contribution in [1.29, 1.82) is 0 Å². The van der Waals surface area contributed by atoms with Crippen LogP contribution in [0.5, 0.6) is 0 Å². The minimum atomic E-state index is -0.354. The summed E-state index contributed by atoms with van der Waals surface area (Å²) in [4.78, 5) is 29.3. The van der Waals surface area contributed by atoms with Crippen LogP contribution < -0.4 is 16.2 Å². The fourth-order valence-corrected chi connectivity index (χ4v) is 4.27. The van der Waals surface area contributed by atoms with E-state index in [0.717, 1.165) is 25.9 Å². The van der Waals surface area contributed by atoms with E-state index in [1.54, 1.807) is 4.90 Å². The second-order valence-corrected chi connectivity index (χ2v) is 7.51. The minimum absolute atomic E-state index is 0. The van der Waals surface area contributed by atoms with E-state index >= 15 is 0 Å². The number of nitrogens with one attached hydrogen (secondary N) is 3. The Morgan fingerprint density at radius 2 is 1.71 bits per heavy atom. The van der Waals surface area contributed by atoms with Crippen molar-refractivity contribution >= 4 is 24.2 Å². The largest absolute Gasteiger partial charge is 0.339 e. The topological polar surface area (TPSA) is 76.7 Å². The van der Waals surface area contributed by atoms with Crippen molar-refractivity contribution in [3.05, 3.63) is 35.6 Å². The number of hydrazine groups is 1. The first kappa shape index (κ1) is 21.0. The zero-order valence-electron chi connectivity index (χ0n) is 15.7. The molecular formula is C19H27ClFN5O2. The van der Waals surface area contributed by atoms with Gasteiger partial charge in [0.2, 0.25) is 5.91 Å². The van der Waals surface area contributed by atoms with Crippen LogP contribution in [0.2, 0.25) is 0 Å². The van der Waals surface area contributed by atoms with Crippen LogP contribution in [0.1, 0.15) is 23.2 Å². The van der Waals surface area contributed by atoms with Crippen LogP contribution >= 0.6 is 12.4 Å². The molecule has 28 heavy (non-hydrogen) atoms. The van der Waals surface area contributed by atoms with Crippen LogP contribution in [-0.4, -0.2) is 73.0 Å². The normalized spacial score (nSPS) is 27.5. The van der Waals surface area contributed by atoms with Crippen molar-refractivity contribution in [1.82, 2.24) is 26.0 Å². The number of carbonyl (C=O) groups excluding carboxylic acids is 2. The summed E-state index contributed by atoms with van der Waals surface area (Å²) in [6.45, 7) is 4.08. The summed E-state index contributed by atoms with van der Waals surface area (Å²) in [5.41, 5.74) is 6.93. The lowest BCUT2D eigenvalue weighted by Gasteiger charge is -2.30. The van der Waals surface area contributed by atoms with Gasteiger partial charge in [0, 0.05) is 50.2 Å². The van der Waals surface area contributed by atoms with Crippen LogP contribution in [0.4, 0.5) is 4.39 Å². The molecule has 1 aromatic carbocycles. The summed E-state index contributed by atoms with van der Waals surface area (Å²) >= 11 is 0. The summed E-state index contributed by atoms with van der Waals surface area (Å²) in [5.74, 6) is -0.102. The number of fused-ring (bicyclic) bond motifs is 1. The van der Waals surface area contributed by atoms with Crippen LogP contribution in [0.3, 0.4) is 0 Å². The third kappa shape index (κ3) is 4.30. The lowest BCUT2D eigenvalue weighted by atomic mass is 9.89. The zero-order chi connectivity index (χ0) is 18.8. The van der Waals surface area contributed by atoms with Gasteiger partial charge in [-0.15, -0.1) is 12.4 Å². The van der Waals surface area contributed by atoms with E-state index in [1.165, 1.54) is 24.3 Å². The maximum absolute atomic E-state index is 13.1. The lowest BCUT2D eigenvalue weighted by molar-refractivity contribution is -0.134. The van der Waals surface area contributed by atoms with Gasteiger partial charge in [-0.05, 0) is 43.7 Å². The number of carbonyl (C=O) groups is 2. The average molecular weight is 412 g/mol. The van der Waals surface area contributed by atoms with Gasteiger partial charge in [0.1, 0.15) is 11.9 Å². The highest BCUT2D eigenvalue weighted by molar-refractivity contribution is 5.94. The molecular weight excluding hydrogens is 385 g/mol. The highest BCUT2D eigenvalue weighted by Gasteiger charge is 2.42. The molecule has 7 nitrogen and oxygen atoms in total. The molecule has 154 valence electrons. The number of hydrogen-bond donors (Lipinski definition) is 3. The van der Waals surface area contributed by atoms with E-state index in [2.05, 4.69) is 16.2 Å². The highest BCUT2D eigenvalue weighted by Crippen LogP contribution is 2.22.